The molecule has 8 aromatic carbocycles. The topological polar surface area (TPSA) is 51.6 Å². The van der Waals surface area contributed by atoms with E-state index in [9.17, 15) is 0 Å². The van der Waals surface area contributed by atoms with Gasteiger partial charge in [0, 0.05) is 38.6 Å². The van der Waals surface area contributed by atoms with E-state index < -0.39 is 0 Å². The fourth-order valence-electron chi connectivity index (χ4n) is 8.07. The molecule has 4 nitrogen and oxygen atoms in total. The molecule has 0 aliphatic rings. The van der Waals surface area contributed by atoms with E-state index in [2.05, 4.69) is 164 Å². The fourth-order valence-corrected chi connectivity index (χ4v) is 8.07. The van der Waals surface area contributed by atoms with Gasteiger partial charge >= 0.3 is 0 Å². The van der Waals surface area contributed by atoms with Crippen LogP contribution >= 0.6 is 0 Å². The van der Waals surface area contributed by atoms with Crippen LogP contribution in [0.5, 0.6) is 0 Å². The first-order valence-corrected chi connectivity index (χ1v) is 18.9. The standard InChI is InChI=1S/C52H32N4/c1-4-14-35(15-5-1)45-29-27-39-32-44(42-28-30-46(36-16-6-2-7-17-36)54-52(42)50(39)53-45)41-21-12-22-47-51(41)56-48(37-18-8-3-9-19-37)49(55-47)38-26-25-34-24-23-33-13-10-11-20-40(33)43(34)31-38/h1-32H. The molecule has 0 atom stereocenters. The maximum absolute atomic E-state index is 5.55. The summed E-state index contributed by atoms with van der Waals surface area (Å²) in [6, 6.07) is 67.8. The molecule has 4 heteroatoms. The van der Waals surface area contributed by atoms with E-state index in [1.807, 2.05) is 30.3 Å². The Bertz CT molecular complexity index is 3290. The van der Waals surface area contributed by atoms with Crippen LogP contribution in [-0.2, 0) is 0 Å². The summed E-state index contributed by atoms with van der Waals surface area (Å²) in [6.07, 6.45) is 0. The van der Waals surface area contributed by atoms with Crippen LogP contribution < -0.4 is 0 Å². The molecule has 3 aromatic heterocycles. The number of hydrogen-bond donors (Lipinski definition) is 0. The maximum atomic E-state index is 5.55. The number of hydrogen-bond acceptors (Lipinski definition) is 4. The van der Waals surface area contributed by atoms with Gasteiger partial charge in [-0.05, 0) is 63.5 Å². The first-order chi connectivity index (χ1) is 27.7. The average molecular weight is 713 g/mol. The Labute approximate surface area is 323 Å². The summed E-state index contributed by atoms with van der Waals surface area (Å²) in [6.45, 7) is 0. The lowest BCUT2D eigenvalue weighted by Gasteiger charge is -2.16. The molecule has 0 saturated heterocycles. The lowest BCUT2D eigenvalue weighted by molar-refractivity contribution is 1.29. The average Bonchev–Trinajstić information content (AvgIpc) is 3.28. The third kappa shape index (κ3) is 5.39. The largest absolute Gasteiger partial charge is 0.245 e. The van der Waals surface area contributed by atoms with Crippen LogP contribution in [0, 0.1) is 0 Å². The molecule has 0 amide bonds. The van der Waals surface area contributed by atoms with E-state index in [0.29, 0.717) is 0 Å². The molecule has 0 spiro atoms. The van der Waals surface area contributed by atoms with Gasteiger partial charge in [-0.2, -0.15) is 0 Å². The summed E-state index contributed by atoms with van der Waals surface area (Å²) in [5.41, 5.74) is 13.1. The SMILES string of the molecule is c1ccc(-c2ccc3cc(-c4cccc5nc(-c6ccc7ccc8ccccc8c7c6)c(-c6ccccc6)nc45)c4ccc(-c5ccccc5)nc4c3n2)cc1. The predicted molar refractivity (Wildman–Crippen MR) is 232 cm³/mol. The second kappa shape index (κ2) is 13.1. The molecule has 11 rings (SSSR count). The lowest BCUT2D eigenvalue weighted by atomic mass is 9.94. The molecule has 3 heterocycles. The Kier molecular flexibility index (Phi) is 7.46. The van der Waals surface area contributed by atoms with E-state index >= 15 is 0 Å². The quantitative estimate of drug-likeness (QED) is 0.167. The van der Waals surface area contributed by atoms with Crippen molar-refractivity contribution in [3.8, 4) is 56.2 Å². The predicted octanol–water partition coefficient (Wildman–Crippen LogP) is 13.4. The number of pyridine rings is 2. The summed E-state index contributed by atoms with van der Waals surface area (Å²) >= 11 is 0. The van der Waals surface area contributed by atoms with Crippen LogP contribution in [0.1, 0.15) is 0 Å². The lowest BCUT2D eigenvalue weighted by Crippen LogP contribution is -1.98. The summed E-state index contributed by atoms with van der Waals surface area (Å²) in [7, 11) is 0. The Balaban J connectivity index is 1.17. The van der Waals surface area contributed by atoms with E-state index in [0.717, 1.165) is 89.0 Å². The highest BCUT2D eigenvalue weighted by atomic mass is 14.8. The molecule has 0 unspecified atom stereocenters. The molecular formula is C52H32N4. The molecule has 0 aliphatic carbocycles. The van der Waals surface area contributed by atoms with Crippen molar-refractivity contribution in [1.82, 2.24) is 19.9 Å². The van der Waals surface area contributed by atoms with E-state index in [1.165, 1.54) is 21.5 Å². The van der Waals surface area contributed by atoms with Crippen molar-refractivity contribution in [2.45, 2.75) is 0 Å². The highest BCUT2D eigenvalue weighted by molar-refractivity contribution is 6.14. The van der Waals surface area contributed by atoms with Gasteiger partial charge in [0.2, 0.25) is 0 Å². The van der Waals surface area contributed by atoms with Gasteiger partial charge in [-0.3, -0.25) is 0 Å². The molecule has 0 saturated carbocycles. The van der Waals surface area contributed by atoms with Crippen LogP contribution in [0.25, 0.3) is 111 Å². The summed E-state index contributed by atoms with van der Waals surface area (Å²) < 4.78 is 0. The normalized spacial score (nSPS) is 11.6. The van der Waals surface area contributed by atoms with Crippen molar-refractivity contribution in [2.75, 3.05) is 0 Å². The summed E-state index contributed by atoms with van der Waals surface area (Å²) in [4.78, 5) is 21.6. The van der Waals surface area contributed by atoms with Gasteiger partial charge in [-0.15, -0.1) is 0 Å². The Morgan fingerprint density at radius 2 is 0.857 bits per heavy atom. The Morgan fingerprint density at radius 3 is 1.61 bits per heavy atom. The van der Waals surface area contributed by atoms with E-state index in [1.54, 1.807) is 0 Å². The molecule has 0 fully saturated rings. The number of aromatic nitrogens is 4. The minimum Gasteiger partial charge on any atom is -0.245 e. The van der Waals surface area contributed by atoms with Gasteiger partial charge in [0.25, 0.3) is 0 Å². The maximum Gasteiger partial charge on any atom is 0.0978 e. The van der Waals surface area contributed by atoms with Crippen molar-refractivity contribution < 1.29 is 0 Å². The van der Waals surface area contributed by atoms with Crippen molar-refractivity contribution in [2.24, 2.45) is 0 Å². The summed E-state index contributed by atoms with van der Waals surface area (Å²) in [5, 5.41) is 6.86. The molecule has 0 N–H and O–H groups in total. The molecule has 56 heavy (non-hydrogen) atoms. The second-order valence-electron chi connectivity index (χ2n) is 14.2. The highest BCUT2D eigenvalue weighted by Gasteiger charge is 2.20. The number of benzene rings is 8. The molecule has 0 bridgehead atoms. The van der Waals surface area contributed by atoms with Gasteiger partial charge in [-0.25, -0.2) is 19.9 Å². The monoisotopic (exact) mass is 712 g/mol. The van der Waals surface area contributed by atoms with Crippen molar-refractivity contribution in [3.05, 3.63) is 194 Å². The molecule has 0 aliphatic heterocycles. The number of para-hydroxylation sites is 1. The van der Waals surface area contributed by atoms with Crippen LogP contribution in [0.3, 0.4) is 0 Å². The fraction of sp³-hybridized carbons (Fsp3) is 0. The minimum atomic E-state index is 0.829. The van der Waals surface area contributed by atoms with Crippen LogP contribution in [0.15, 0.2) is 194 Å². The molecule has 0 radical (unpaired) electrons. The van der Waals surface area contributed by atoms with Crippen molar-refractivity contribution in [3.63, 3.8) is 0 Å². The number of rotatable bonds is 5. The molecular weight excluding hydrogens is 681 g/mol. The molecule has 260 valence electrons. The van der Waals surface area contributed by atoms with E-state index in [-0.39, 0.29) is 0 Å². The highest BCUT2D eigenvalue weighted by Crippen LogP contribution is 2.41. The molecule has 11 aromatic rings. The minimum absolute atomic E-state index is 0.829. The van der Waals surface area contributed by atoms with E-state index in [4.69, 9.17) is 19.9 Å². The third-order valence-electron chi connectivity index (χ3n) is 10.8. The zero-order valence-corrected chi connectivity index (χ0v) is 30.3. The van der Waals surface area contributed by atoms with Crippen LogP contribution in [-0.4, -0.2) is 19.9 Å². The van der Waals surface area contributed by atoms with Gasteiger partial charge in [0.05, 0.1) is 44.8 Å². The second-order valence-corrected chi connectivity index (χ2v) is 14.2. The van der Waals surface area contributed by atoms with Crippen LogP contribution in [0.2, 0.25) is 0 Å². The number of fused-ring (bicyclic) bond motifs is 7. The number of nitrogens with zero attached hydrogens (tertiary/aromatic N) is 4. The summed E-state index contributed by atoms with van der Waals surface area (Å²) in [5.74, 6) is 0. The zero-order valence-electron chi connectivity index (χ0n) is 30.3. The van der Waals surface area contributed by atoms with Crippen molar-refractivity contribution >= 4 is 54.4 Å². The van der Waals surface area contributed by atoms with Gasteiger partial charge in [0.1, 0.15) is 0 Å². The van der Waals surface area contributed by atoms with Gasteiger partial charge in [0.15, 0.2) is 0 Å². The van der Waals surface area contributed by atoms with Gasteiger partial charge in [-0.1, -0.05) is 158 Å². The van der Waals surface area contributed by atoms with Crippen molar-refractivity contribution in [1.29, 1.82) is 0 Å². The first kappa shape index (κ1) is 31.9. The Hall–Kier alpha value is -7.56. The Morgan fingerprint density at radius 1 is 0.268 bits per heavy atom. The van der Waals surface area contributed by atoms with Gasteiger partial charge < -0.3 is 0 Å². The zero-order chi connectivity index (χ0) is 37.0. The first-order valence-electron chi connectivity index (χ1n) is 18.9. The smallest absolute Gasteiger partial charge is 0.0978 e. The van der Waals surface area contributed by atoms with Crippen LogP contribution in [0.4, 0.5) is 0 Å². The third-order valence-corrected chi connectivity index (χ3v) is 10.8.